The number of carboxylic acid groups (broad SMARTS) is 1. The van der Waals surface area contributed by atoms with Crippen LogP contribution in [0.25, 0.3) is 11.0 Å². The van der Waals surface area contributed by atoms with Gasteiger partial charge >= 0.3 is 5.97 Å². The molecular weight excluding hydrogens is 278 g/mol. The van der Waals surface area contributed by atoms with E-state index in [9.17, 15) is 9.90 Å². The summed E-state index contributed by atoms with van der Waals surface area (Å²) in [6, 6.07) is 3.12. The van der Waals surface area contributed by atoms with Crippen molar-refractivity contribution in [3.05, 3.63) is 22.2 Å². The molecule has 1 atom stereocenters. The standard InChI is InChI=1S/C9H8BrN3O3/c10-4-2-1-3(7(14)8(15)16)5-6(4)13-9(11)12-5/h1-2,7,14H,(H,15,16)(H3,11,12,13). The predicted molar refractivity (Wildman–Crippen MR) is 60.8 cm³/mol. The number of nitrogens with two attached hydrogens (primary N) is 1. The first-order valence-electron chi connectivity index (χ1n) is 4.35. The molecule has 1 unspecified atom stereocenters. The van der Waals surface area contributed by atoms with Crippen molar-refractivity contribution in [3.63, 3.8) is 0 Å². The molecule has 0 saturated heterocycles. The van der Waals surface area contributed by atoms with Crippen LogP contribution < -0.4 is 5.73 Å². The molecular formula is C9H8BrN3O3. The first-order valence-corrected chi connectivity index (χ1v) is 5.14. The quantitative estimate of drug-likeness (QED) is 0.658. The average Bonchev–Trinajstić information content (AvgIpc) is 2.60. The van der Waals surface area contributed by atoms with Gasteiger partial charge in [0.2, 0.25) is 0 Å². The first kappa shape index (κ1) is 10.9. The van der Waals surface area contributed by atoms with Crippen LogP contribution >= 0.6 is 15.9 Å². The van der Waals surface area contributed by atoms with E-state index >= 15 is 0 Å². The Kier molecular flexibility index (Phi) is 2.56. The molecule has 0 saturated carbocycles. The molecule has 1 aromatic carbocycles. The van der Waals surface area contributed by atoms with Gasteiger partial charge in [0.1, 0.15) is 0 Å². The molecule has 7 heteroatoms. The summed E-state index contributed by atoms with van der Waals surface area (Å²) >= 11 is 3.27. The van der Waals surface area contributed by atoms with Gasteiger partial charge in [-0.05, 0) is 22.0 Å². The zero-order valence-corrected chi connectivity index (χ0v) is 9.52. The van der Waals surface area contributed by atoms with Crippen molar-refractivity contribution < 1.29 is 15.0 Å². The minimum Gasteiger partial charge on any atom is -0.479 e. The van der Waals surface area contributed by atoms with E-state index in [2.05, 4.69) is 25.9 Å². The van der Waals surface area contributed by atoms with Gasteiger partial charge in [-0.3, -0.25) is 0 Å². The second-order valence-corrected chi connectivity index (χ2v) is 4.08. The van der Waals surface area contributed by atoms with E-state index < -0.39 is 12.1 Å². The van der Waals surface area contributed by atoms with Gasteiger partial charge in [-0.25, -0.2) is 9.78 Å². The van der Waals surface area contributed by atoms with Crippen molar-refractivity contribution in [3.8, 4) is 0 Å². The number of carboxylic acids is 1. The number of carbonyl (C=O) groups is 1. The zero-order chi connectivity index (χ0) is 11.9. The molecule has 2 rings (SSSR count). The number of aliphatic carboxylic acids is 1. The second kappa shape index (κ2) is 3.76. The molecule has 0 aliphatic rings. The normalized spacial score (nSPS) is 12.9. The fraction of sp³-hybridized carbons (Fsp3) is 0.111. The minimum absolute atomic E-state index is 0.167. The number of aliphatic hydroxyl groups excluding tert-OH is 1. The SMILES string of the molecule is Nc1nc2c(C(O)C(=O)O)ccc(Br)c2[nH]1. The number of halogens is 1. The van der Waals surface area contributed by atoms with Crippen LogP contribution in [-0.4, -0.2) is 26.2 Å². The van der Waals surface area contributed by atoms with Crippen LogP contribution in [0.5, 0.6) is 0 Å². The van der Waals surface area contributed by atoms with Crippen LogP contribution in [0.4, 0.5) is 5.95 Å². The number of aliphatic hydroxyl groups is 1. The highest BCUT2D eigenvalue weighted by Gasteiger charge is 2.21. The summed E-state index contributed by atoms with van der Waals surface area (Å²) in [5.74, 6) is -1.16. The van der Waals surface area contributed by atoms with E-state index in [1.165, 1.54) is 6.07 Å². The summed E-state index contributed by atoms with van der Waals surface area (Å²) in [6.45, 7) is 0. The molecule has 2 aromatic rings. The van der Waals surface area contributed by atoms with Crippen LogP contribution in [0.15, 0.2) is 16.6 Å². The lowest BCUT2D eigenvalue weighted by Crippen LogP contribution is -2.10. The van der Waals surface area contributed by atoms with Crippen LogP contribution in [0.2, 0.25) is 0 Å². The van der Waals surface area contributed by atoms with Crippen molar-refractivity contribution >= 4 is 38.9 Å². The van der Waals surface area contributed by atoms with E-state index in [1.54, 1.807) is 6.07 Å². The number of hydrogen-bond acceptors (Lipinski definition) is 4. The Morgan fingerprint density at radius 3 is 2.88 bits per heavy atom. The summed E-state index contributed by atoms with van der Waals surface area (Å²) in [5.41, 5.74) is 6.61. The highest BCUT2D eigenvalue weighted by Crippen LogP contribution is 2.29. The fourth-order valence-corrected chi connectivity index (χ4v) is 1.87. The van der Waals surface area contributed by atoms with E-state index in [0.717, 1.165) is 0 Å². The Hall–Kier alpha value is -1.60. The summed E-state index contributed by atoms with van der Waals surface area (Å²) in [4.78, 5) is 17.4. The number of aromatic amines is 1. The molecule has 0 amide bonds. The largest absolute Gasteiger partial charge is 0.479 e. The summed E-state index contributed by atoms with van der Waals surface area (Å²) < 4.78 is 0.702. The number of fused-ring (bicyclic) bond motifs is 1. The molecule has 6 nitrogen and oxygen atoms in total. The van der Waals surface area contributed by atoms with Crippen molar-refractivity contribution in [1.29, 1.82) is 0 Å². The Labute approximate surface area is 98.2 Å². The number of benzene rings is 1. The topological polar surface area (TPSA) is 112 Å². The third kappa shape index (κ3) is 1.63. The van der Waals surface area contributed by atoms with Crippen LogP contribution in [-0.2, 0) is 4.79 Å². The lowest BCUT2D eigenvalue weighted by atomic mass is 10.1. The number of nitrogens with zero attached hydrogens (tertiary/aromatic N) is 1. The molecule has 84 valence electrons. The van der Waals surface area contributed by atoms with Crippen molar-refractivity contribution in [2.24, 2.45) is 0 Å². The van der Waals surface area contributed by atoms with Gasteiger partial charge in [-0.2, -0.15) is 0 Å². The first-order chi connectivity index (χ1) is 7.50. The molecule has 16 heavy (non-hydrogen) atoms. The van der Waals surface area contributed by atoms with Gasteiger partial charge in [0.25, 0.3) is 0 Å². The Bertz CT molecular complexity index is 566. The minimum atomic E-state index is -1.61. The van der Waals surface area contributed by atoms with Gasteiger partial charge in [0.05, 0.1) is 11.0 Å². The summed E-state index contributed by atoms with van der Waals surface area (Å²) in [7, 11) is 0. The van der Waals surface area contributed by atoms with Crippen molar-refractivity contribution in [1.82, 2.24) is 9.97 Å². The van der Waals surface area contributed by atoms with E-state index in [1.807, 2.05) is 0 Å². The third-order valence-electron chi connectivity index (χ3n) is 2.17. The van der Waals surface area contributed by atoms with Crippen molar-refractivity contribution in [2.75, 3.05) is 5.73 Å². The molecule has 0 bridgehead atoms. The second-order valence-electron chi connectivity index (χ2n) is 3.22. The van der Waals surface area contributed by atoms with Gasteiger partial charge < -0.3 is 20.9 Å². The average molecular weight is 286 g/mol. The van der Waals surface area contributed by atoms with Gasteiger partial charge in [0, 0.05) is 10.0 Å². The predicted octanol–water partition coefficient (Wildman–Crippen LogP) is 1.03. The number of nitrogens with one attached hydrogen (secondary N) is 1. The lowest BCUT2D eigenvalue weighted by Gasteiger charge is -2.06. The van der Waals surface area contributed by atoms with Gasteiger partial charge in [-0.1, -0.05) is 6.07 Å². The molecule has 5 N–H and O–H groups in total. The Balaban J connectivity index is 2.71. The number of anilines is 1. The Morgan fingerprint density at radius 1 is 1.56 bits per heavy atom. The lowest BCUT2D eigenvalue weighted by molar-refractivity contribution is -0.146. The van der Waals surface area contributed by atoms with E-state index in [-0.39, 0.29) is 11.5 Å². The number of nitrogen functional groups attached to an aromatic ring is 1. The monoisotopic (exact) mass is 285 g/mol. The van der Waals surface area contributed by atoms with Gasteiger partial charge in [0.15, 0.2) is 12.1 Å². The summed E-state index contributed by atoms with van der Waals surface area (Å²) in [5, 5.41) is 18.2. The maximum Gasteiger partial charge on any atom is 0.337 e. The Morgan fingerprint density at radius 2 is 2.25 bits per heavy atom. The highest BCUT2D eigenvalue weighted by atomic mass is 79.9. The number of rotatable bonds is 2. The number of H-pyrrole nitrogens is 1. The molecule has 1 aromatic heterocycles. The van der Waals surface area contributed by atoms with Crippen LogP contribution in [0.1, 0.15) is 11.7 Å². The van der Waals surface area contributed by atoms with Gasteiger partial charge in [-0.15, -0.1) is 0 Å². The molecule has 0 fully saturated rings. The maximum absolute atomic E-state index is 10.7. The smallest absolute Gasteiger partial charge is 0.337 e. The molecule has 0 aliphatic heterocycles. The summed E-state index contributed by atoms with van der Waals surface area (Å²) in [6.07, 6.45) is -1.61. The highest BCUT2D eigenvalue weighted by molar-refractivity contribution is 9.10. The van der Waals surface area contributed by atoms with Crippen LogP contribution in [0, 0.1) is 0 Å². The number of imidazole rings is 1. The number of aromatic nitrogens is 2. The molecule has 1 heterocycles. The zero-order valence-electron chi connectivity index (χ0n) is 7.94. The fourth-order valence-electron chi connectivity index (χ4n) is 1.45. The van der Waals surface area contributed by atoms with E-state index in [4.69, 9.17) is 10.8 Å². The molecule has 0 radical (unpaired) electrons. The maximum atomic E-state index is 10.7. The number of hydrogen-bond donors (Lipinski definition) is 4. The molecule has 0 spiro atoms. The van der Waals surface area contributed by atoms with Crippen molar-refractivity contribution in [2.45, 2.75) is 6.10 Å². The third-order valence-corrected chi connectivity index (χ3v) is 2.83. The molecule has 0 aliphatic carbocycles. The van der Waals surface area contributed by atoms with Crippen LogP contribution in [0.3, 0.4) is 0 Å². The van der Waals surface area contributed by atoms with E-state index in [0.29, 0.717) is 15.5 Å².